The van der Waals surface area contributed by atoms with Crippen LogP contribution in [0.3, 0.4) is 0 Å². The monoisotopic (exact) mass is 278 g/mol. The normalized spacial score (nSPS) is 16.7. The lowest BCUT2D eigenvalue weighted by Crippen LogP contribution is -2.18. The Morgan fingerprint density at radius 2 is 2.06 bits per heavy atom. The van der Waals surface area contributed by atoms with Crippen LogP contribution >= 0.6 is 10.7 Å². The number of aromatic nitrogens is 3. The topological polar surface area (TPSA) is 68.1 Å². The summed E-state index contributed by atoms with van der Waals surface area (Å²) in [4.78, 5) is 2.01. The third-order valence-corrected chi connectivity index (χ3v) is 3.78. The number of hydrogen-bond donors (Lipinski definition) is 0. The van der Waals surface area contributed by atoms with E-state index < -0.39 is 9.05 Å². The number of nitrogens with zero attached hydrogens (tertiary/aromatic N) is 4. The molecule has 1 fully saturated rings. The highest BCUT2D eigenvalue weighted by atomic mass is 35.7. The second-order valence-electron chi connectivity index (χ2n) is 4.49. The average molecular weight is 279 g/mol. The molecule has 0 atom stereocenters. The van der Waals surface area contributed by atoms with Gasteiger partial charge in [-0.3, -0.25) is 4.57 Å². The van der Waals surface area contributed by atoms with Crippen molar-refractivity contribution in [2.45, 2.75) is 30.5 Å². The average Bonchev–Trinajstić information content (AvgIpc) is 2.93. The standard InChI is InChI=1S/C9H15ClN4O2S/c1-13(2)6-5-8-11-12-9(17(10,15)16)14(8)7-3-4-7/h7H,3-6H2,1-2H3. The lowest BCUT2D eigenvalue weighted by molar-refractivity contribution is 0.404. The summed E-state index contributed by atoms with van der Waals surface area (Å²) in [5.74, 6) is 0.695. The van der Waals surface area contributed by atoms with Gasteiger partial charge in [-0.1, -0.05) is 0 Å². The van der Waals surface area contributed by atoms with E-state index in [9.17, 15) is 8.42 Å². The van der Waals surface area contributed by atoms with Gasteiger partial charge in [-0.2, -0.15) is 0 Å². The quantitative estimate of drug-likeness (QED) is 0.740. The molecule has 0 aromatic carbocycles. The highest BCUT2D eigenvalue weighted by Gasteiger charge is 2.33. The summed E-state index contributed by atoms with van der Waals surface area (Å²) < 4.78 is 24.4. The minimum Gasteiger partial charge on any atom is -0.309 e. The summed E-state index contributed by atoms with van der Waals surface area (Å²) in [6, 6.07) is 0.200. The van der Waals surface area contributed by atoms with E-state index in [0.717, 1.165) is 19.4 Å². The van der Waals surface area contributed by atoms with Crippen LogP contribution < -0.4 is 0 Å². The minimum absolute atomic E-state index is 0.115. The van der Waals surface area contributed by atoms with Gasteiger partial charge in [0.2, 0.25) is 0 Å². The highest BCUT2D eigenvalue weighted by molar-refractivity contribution is 8.13. The molecular weight excluding hydrogens is 264 g/mol. The molecule has 0 unspecified atom stereocenters. The van der Waals surface area contributed by atoms with Crippen LogP contribution in [0.5, 0.6) is 0 Å². The molecule has 0 bridgehead atoms. The van der Waals surface area contributed by atoms with Crippen molar-refractivity contribution in [3.05, 3.63) is 5.82 Å². The van der Waals surface area contributed by atoms with Gasteiger partial charge in [0.25, 0.3) is 14.2 Å². The van der Waals surface area contributed by atoms with Crippen molar-refractivity contribution in [3.63, 3.8) is 0 Å². The summed E-state index contributed by atoms with van der Waals surface area (Å²) >= 11 is 0. The minimum atomic E-state index is -3.81. The van der Waals surface area contributed by atoms with Crippen LogP contribution in [0.25, 0.3) is 0 Å². The van der Waals surface area contributed by atoms with Gasteiger partial charge >= 0.3 is 0 Å². The fourth-order valence-electron chi connectivity index (χ4n) is 1.67. The van der Waals surface area contributed by atoms with Gasteiger partial charge in [0.05, 0.1) is 0 Å². The Morgan fingerprint density at radius 1 is 1.41 bits per heavy atom. The second-order valence-corrected chi connectivity index (χ2v) is 6.95. The molecule has 0 N–H and O–H groups in total. The molecule has 8 heteroatoms. The van der Waals surface area contributed by atoms with Gasteiger partial charge in [0.1, 0.15) is 5.82 Å². The summed E-state index contributed by atoms with van der Waals surface area (Å²) in [7, 11) is 5.45. The molecule has 96 valence electrons. The third kappa shape index (κ3) is 2.97. The Bertz CT molecular complexity index is 507. The zero-order valence-corrected chi connectivity index (χ0v) is 11.4. The van der Waals surface area contributed by atoms with E-state index in [1.165, 1.54) is 0 Å². The predicted octanol–water partition coefficient (Wildman–Crippen LogP) is 0.645. The van der Waals surface area contributed by atoms with Gasteiger partial charge < -0.3 is 4.90 Å². The molecule has 1 saturated carbocycles. The molecule has 1 aliphatic rings. The van der Waals surface area contributed by atoms with Crippen LogP contribution in [-0.4, -0.2) is 48.7 Å². The summed E-state index contributed by atoms with van der Waals surface area (Å²) in [6.45, 7) is 0.799. The SMILES string of the molecule is CN(C)CCc1nnc(S(=O)(=O)Cl)n1C1CC1. The van der Waals surface area contributed by atoms with E-state index in [-0.39, 0.29) is 11.2 Å². The van der Waals surface area contributed by atoms with Crippen LogP contribution in [0.2, 0.25) is 0 Å². The maximum Gasteiger partial charge on any atom is 0.296 e. The van der Waals surface area contributed by atoms with Crippen molar-refractivity contribution in [3.8, 4) is 0 Å². The van der Waals surface area contributed by atoms with E-state index in [4.69, 9.17) is 10.7 Å². The Labute approximate surface area is 105 Å². The second kappa shape index (κ2) is 4.55. The lowest BCUT2D eigenvalue weighted by Gasteiger charge is -2.10. The van der Waals surface area contributed by atoms with E-state index in [1.54, 1.807) is 4.57 Å². The number of hydrogen-bond acceptors (Lipinski definition) is 5. The molecule has 1 aromatic rings. The molecule has 1 heterocycles. The molecular formula is C9H15ClN4O2S. The van der Waals surface area contributed by atoms with Crippen molar-refractivity contribution >= 4 is 19.7 Å². The largest absolute Gasteiger partial charge is 0.309 e. The van der Waals surface area contributed by atoms with Crippen LogP contribution in [0, 0.1) is 0 Å². The highest BCUT2D eigenvalue weighted by Crippen LogP contribution is 2.38. The fraction of sp³-hybridized carbons (Fsp3) is 0.778. The van der Waals surface area contributed by atoms with E-state index in [0.29, 0.717) is 12.2 Å². The molecule has 0 spiro atoms. The van der Waals surface area contributed by atoms with Gasteiger partial charge in [0.15, 0.2) is 0 Å². The molecule has 0 amide bonds. The van der Waals surface area contributed by atoms with Crippen LogP contribution in [0.4, 0.5) is 0 Å². The summed E-state index contributed by atoms with van der Waals surface area (Å²) in [5, 5.41) is 7.52. The Morgan fingerprint density at radius 3 is 2.53 bits per heavy atom. The first-order valence-corrected chi connectivity index (χ1v) is 7.73. The fourth-order valence-corrected chi connectivity index (χ4v) is 2.61. The zero-order chi connectivity index (χ0) is 12.6. The lowest BCUT2D eigenvalue weighted by atomic mass is 10.4. The van der Waals surface area contributed by atoms with Crippen molar-refractivity contribution < 1.29 is 8.42 Å². The van der Waals surface area contributed by atoms with Crippen molar-refractivity contribution in [1.82, 2.24) is 19.7 Å². The van der Waals surface area contributed by atoms with Gasteiger partial charge in [-0.25, -0.2) is 8.42 Å². The summed E-state index contributed by atoms with van der Waals surface area (Å²) in [6.07, 6.45) is 2.60. The van der Waals surface area contributed by atoms with Crippen molar-refractivity contribution in [1.29, 1.82) is 0 Å². The van der Waals surface area contributed by atoms with Crippen LogP contribution in [0.1, 0.15) is 24.7 Å². The first-order chi connectivity index (χ1) is 7.89. The number of likely N-dealkylation sites (N-methyl/N-ethyl adjacent to an activating group) is 1. The van der Waals surface area contributed by atoms with Crippen LogP contribution in [0.15, 0.2) is 5.16 Å². The summed E-state index contributed by atoms with van der Waals surface area (Å²) in [5.41, 5.74) is 0. The number of rotatable bonds is 5. The molecule has 1 aliphatic carbocycles. The first kappa shape index (κ1) is 12.8. The maximum atomic E-state index is 11.4. The Kier molecular flexibility index (Phi) is 3.42. The van der Waals surface area contributed by atoms with Crippen molar-refractivity contribution in [2.24, 2.45) is 0 Å². The smallest absolute Gasteiger partial charge is 0.296 e. The van der Waals surface area contributed by atoms with E-state index in [2.05, 4.69) is 10.2 Å². The zero-order valence-electron chi connectivity index (χ0n) is 9.80. The molecule has 6 nitrogen and oxygen atoms in total. The molecule has 1 aromatic heterocycles. The Balaban J connectivity index is 2.30. The molecule has 0 radical (unpaired) electrons. The first-order valence-electron chi connectivity index (χ1n) is 5.43. The molecule has 0 saturated heterocycles. The maximum absolute atomic E-state index is 11.4. The molecule has 0 aliphatic heterocycles. The van der Waals surface area contributed by atoms with Gasteiger partial charge in [0, 0.05) is 29.7 Å². The Hall–Kier alpha value is -0.660. The molecule has 17 heavy (non-hydrogen) atoms. The van der Waals surface area contributed by atoms with Crippen LogP contribution in [-0.2, 0) is 15.5 Å². The van der Waals surface area contributed by atoms with Gasteiger partial charge in [-0.15, -0.1) is 10.2 Å². The predicted molar refractivity (Wildman–Crippen MR) is 63.6 cm³/mol. The third-order valence-electron chi connectivity index (χ3n) is 2.65. The van der Waals surface area contributed by atoms with Gasteiger partial charge in [-0.05, 0) is 26.9 Å². The molecule has 2 rings (SSSR count). The van der Waals surface area contributed by atoms with E-state index >= 15 is 0 Å². The number of halogens is 1. The van der Waals surface area contributed by atoms with Crippen molar-refractivity contribution in [2.75, 3.05) is 20.6 Å². The van der Waals surface area contributed by atoms with E-state index in [1.807, 2.05) is 19.0 Å².